The topological polar surface area (TPSA) is 134 Å². The lowest BCUT2D eigenvalue weighted by Crippen LogP contribution is -2.54. The highest BCUT2D eigenvalue weighted by atomic mass is 32.2. The molecule has 10 heteroatoms. The molecular weight excluding hydrogens is 412 g/mol. The number of aliphatic hydroxyl groups excluding tert-OH is 2. The molecule has 4 atom stereocenters. The van der Waals surface area contributed by atoms with Crippen molar-refractivity contribution in [1.29, 1.82) is 0 Å². The Morgan fingerprint density at radius 1 is 1.17 bits per heavy atom. The van der Waals surface area contributed by atoms with Crippen molar-refractivity contribution in [3.8, 4) is 0 Å². The van der Waals surface area contributed by atoms with Gasteiger partial charge in [-0.25, -0.2) is 0 Å². The number of thioether (sulfide) groups is 1. The van der Waals surface area contributed by atoms with Gasteiger partial charge in [0.25, 0.3) is 0 Å². The van der Waals surface area contributed by atoms with E-state index in [2.05, 4.69) is 10.6 Å². The fraction of sp³-hybridized carbons (Fsp3) is 0.850. The van der Waals surface area contributed by atoms with Crippen LogP contribution in [0, 0.1) is 5.41 Å². The van der Waals surface area contributed by atoms with Crippen molar-refractivity contribution in [2.75, 3.05) is 25.4 Å². The smallest absolute Gasteiger partial charge is 0.249 e. The maximum Gasteiger partial charge on any atom is 0.249 e. The largest absolute Gasteiger partial charge is 0.393 e. The first-order chi connectivity index (χ1) is 14.0. The van der Waals surface area contributed by atoms with Crippen molar-refractivity contribution >= 4 is 28.7 Å². The average Bonchev–Trinajstić information content (AvgIpc) is 2.66. The summed E-state index contributed by atoms with van der Waals surface area (Å²) in [5.41, 5.74) is -0.569. The zero-order valence-electron chi connectivity index (χ0n) is 18.3. The first kappa shape index (κ1) is 26.8. The van der Waals surface area contributed by atoms with Crippen LogP contribution in [0.4, 0.5) is 0 Å². The molecule has 3 unspecified atom stereocenters. The molecule has 1 aliphatic heterocycles. The standard InChI is InChI=1S/C20H36N2O7S/c1-5-14(24)10-15(25)11-17-28-12-20(3,4)18(29-17)19(27)22-7-6-16(26)21-8-9-30-13(2)23/h14-15,17-18,24-25H,5-12H2,1-4H3,(H,21,26)(H,22,27)/t14?,15?,17?,18-/m0/s1. The fourth-order valence-corrected chi connectivity index (χ4v) is 3.46. The van der Waals surface area contributed by atoms with Gasteiger partial charge in [0.15, 0.2) is 11.4 Å². The summed E-state index contributed by atoms with van der Waals surface area (Å²) in [7, 11) is 0. The van der Waals surface area contributed by atoms with Crippen molar-refractivity contribution in [3.63, 3.8) is 0 Å². The quantitative estimate of drug-likeness (QED) is 0.318. The third kappa shape index (κ3) is 10.2. The van der Waals surface area contributed by atoms with Crippen LogP contribution >= 0.6 is 11.8 Å². The third-order valence-electron chi connectivity index (χ3n) is 4.74. The molecule has 30 heavy (non-hydrogen) atoms. The second kappa shape index (κ2) is 13.3. The highest BCUT2D eigenvalue weighted by Gasteiger charge is 2.43. The summed E-state index contributed by atoms with van der Waals surface area (Å²) in [6.45, 7) is 7.85. The Bertz CT molecular complexity index is 573. The molecule has 1 saturated heterocycles. The second-order valence-corrected chi connectivity index (χ2v) is 9.44. The van der Waals surface area contributed by atoms with E-state index < -0.39 is 30.0 Å². The lowest BCUT2D eigenvalue weighted by atomic mass is 9.85. The summed E-state index contributed by atoms with van der Waals surface area (Å²) >= 11 is 1.15. The lowest BCUT2D eigenvalue weighted by molar-refractivity contribution is -0.261. The van der Waals surface area contributed by atoms with Gasteiger partial charge in [0, 0.05) is 44.0 Å². The number of carbonyl (C=O) groups is 3. The SMILES string of the molecule is CCC(O)CC(O)CC1OCC(C)(C)[C@H](C(=O)NCCC(=O)NCCSC(C)=O)O1. The van der Waals surface area contributed by atoms with Crippen LogP contribution in [0.15, 0.2) is 0 Å². The van der Waals surface area contributed by atoms with Crippen LogP contribution in [-0.2, 0) is 23.9 Å². The number of nitrogens with one attached hydrogen (secondary N) is 2. The van der Waals surface area contributed by atoms with Crippen molar-refractivity contribution in [1.82, 2.24) is 10.6 Å². The molecule has 0 aromatic carbocycles. The summed E-state index contributed by atoms with van der Waals surface area (Å²) in [6.07, 6.45) is -1.85. The van der Waals surface area contributed by atoms with Crippen molar-refractivity contribution in [2.24, 2.45) is 5.41 Å². The minimum Gasteiger partial charge on any atom is -0.393 e. The van der Waals surface area contributed by atoms with Gasteiger partial charge < -0.3 is 30.3 Å². The zero-order chi connectivity index (χ0) is 22.7. The first-order valence-corrected chi connectivity index (χ1v) is 11.3. The maximum atomic E-state index is 12.6. The molecule has 0 radical (unpaired) electrons. The van der Waals surface area contributed by atoms with E-state index in [0.717, 1.165) is 11.8 Å². The van der Waals surface area contributed by atoms with Crippen LogP contribution < -0.4 is 10.6 Å². The van der Waals surface area contributed by atoms with Gasteiger partial charge in [0.2, 0.25) is 11.8 Å². The molecular formula is C20H36N2O7S. The molecule has 0 aromatic rings. The van der Waals surface area contributed by atoms with E-state index in [-0.39, 0.29) is 49.3 Å². The van der Waals surface area contributed by atoms with E-state index >= 15 is 0 Å². The highest BCUT2D eigenvalue weighted by Crippen LogP contribution is 2.32. The Balaban J connectivity index is 2.42. The Hall–Kier alpha value is -1.20. The number of carbonyl (C=O) groups excluding carboxylic acids is 3. The minimum atomic E-state index is -0.792. The zero-order valence-corrected chi connectivity index (χ0v) is 19.1. The van der Waals surface area contributed by atoms with Crippen LogP contribution in [0.1, 0.15) is 53.4 Å². The highest BCUT2D eigenvalue weighted by molar-refractivity contribution is 8.13. The average molecular weight is 449 g/mol. The Morgan fingerprint density at radius 2 is 1.87 bits per heavy atom. The number of hydrogen-bond donors (Lipinski definition) is 4. The lowest BCUT2D eigenvalue weighted by Gasteiger charge is -2.41. The van der Waals surface area contributed by atoms with Crippen LogP contribution in [0.5, 0.6) is 0 Å². The van der Waals surface area contributed by atoms with Crippen LogP contribution in [0.25, 0.3) is 0 Å². The molecule has 0 spiro atoms. The van der Waals surface area contributed by atoms with Crippen molar-refractivity contribution in [3.05, 3.63) is 0 Å². The van der Waals surface area contributed by atoms with E-state index in [9.17, 15) is 24.6 Å². The van der Waals surface area contributed by atoms with E-state index in [1.807, 2.05) is 20.8 Å². The number of aliphatic hydroxyl groups is 2. The van der Waals surface area contributed by atoms with Gasteiger partial charge in [-0.3, -0.25) is 14.4 Å². The Kier molecular flexibility index (Phi) is 11.9. The molecule has 0 aliphatic carbocycles. The molecule has 2 amide bonds. The molecule has 174 valence electrons. The predicted molar refractivity (Wildman–Crippen MR) is 114 cm³/mol. The molecule has 0 aromatic heterocycles. The van der Waals surface area contributed by atoms with Crippen molar-refractivity contribution < 1.29 is 34.1 Å². The predicted octanol–water partition coefficient (Wildman–Crippen LogP) is 0.568. The summed E-state index contributed by atoms with van der Waals surface area (Å²) < 4.78 is 11.4. The van der Waals surface area contributed by atoms with Gasteiger partial charge in [0.05, 0.1) is 18.8 Å². The van der Waals surface area contributed by atoms with Crippen LogP contribution in [-0.4, -0.2) is 77.2 Å². The maximum absolute atomic E-state index is 12.6. The monoisotopic (exact) mass is 448 g/mol. The minimum absolute atomic E-state index is 0.00273. The molecule has 1 rings (SSSR count). The van der Waals surface area contributed by atoms with Gasteiger partial charge >= 0.3 is 0 Å². The van der Waals surface area contributed by atoms with Crippen LogP contribution in [0.2, 0.25) is 0 Å². The van der Waals surface area contributed by atoms with E-state index in [1.54, 1.807) is 0 Å². The summed E-state index contributed by atoms with van der Waals surface area (Å²) in [4.78, 5) is 35.3. The summed E-state index contributed by atoms with van der Waals surface area (Å²) in [5.74, 6) is -0.0292. The van der Waals surface area contributed by atoms with Gasteiger partial charge in [-0.1, -0.05) is 32.5 Å². The molecule has 0 bridgehead atoms. The Morgan fingerprint density at radius 3 is 2.50 bits per heavy atom. The molecule has 1 heterocycles. The van der Waals surface area contributed by atoms with E-state index in [1.165, 1.54) is 6.92 Å². The second-order valence-electron chi connectivity index (χ2n) is 8.16. The van der Waals surface area contributed by atoms with E-state index in [4.69, 9.17) is 9.47 Å². The molecule has 4 N–H and O–H groups in total. The normalized spacial score (nSPS) is 22.7. The Labute approximate surface area is 182 Å². The van der Waals surface area contributed by atoms with Gasteiger partial charge in [-0.15, -0.1) is 0 Å². The molecule has 0 saturated carbocycles. The van der Waals surface area contributed by atoms with Gasteiger partial charge in [0.1, 0.15) is 6.10 Å². The molecule has 1 fully saturated rings. The van der Waals surface area contributed by atoms with Gasteiger partial charge in [-0.2, -0.15) is 0 Å². The number of ether oxygens (including phenoxy) is 2. The number of hydrogen-bond acceptors (Lipinski definition) is 8. The van der Waals surface area contributed by atoms with Crippen molar-refractivity contribution in [2.45, 2.75) is 78.0 Å². The number of rotatable bonds is 12. The number of amides is 2. The van der Waals surface area contributed by atoms with Crippen LogP contribution in [0.3, 0.4) is 0 Å². The first-order valence-electron chi connectivity index (χ1n) is 10.4. The molecule has 1 aliphatic rings. The van der Waals surface area contributed by atoms with E-state index in [0.29, 0.717) is 18.7 Å². The third-order valence-corrected chi connectivity index (χ3v) is 5.55. The fourth-order valence-electron chi connectivity index (χ4n) is 2.96. The molecule has 9 nitrogen and oxygen atoms in total. The summed E-state index contributed by atoms with van der Waals surface area (Å²) in [5, 5.41) is 25.2. The summed E-state index contributed by atoms with van der Waals surface area (Å²) in [6, 6.07) is 0. The van der Waals surface area contributed by atoms with Gasteiger partial charge in [-0.05, 0) is 12.8 Å².